The molecule has 0 aromatic rings. The summed E-state index contributed by atoms with van der Waals surface area (Å²) in [6, 6.07) is 0.0109. The van der Waals surface area contributed by atoms with Crippen LogP contribution in [0.3, 0.4) is 0 Å². The van der Waals surface area contributed by atoms with Crippen molar-refractivity contribution in [3.8, 4) is 0 Å². The minimum atomic E-state index is 0.0109. The normalized spacial score (nSPS) is 32.2. The molecule has 0 spiro atoms. The molecule has 0 aliphatic heterocycles. The second-order valence-corrected chi connectivity index (χ2v) is 4.51. The van der Waals surface area contributed by atoms with E-state index >= 15 is 0 Å². The van der Waals surface area contributed by atoms with Crippen LogP contribution in [0.2, 0.25) is 0 Å². The fraction of sp³-hybridized carbons (Fsp3) is 1.00. The van der Waals surface area contributed by atoms with Gasteiger partial charge in [0.15, 0.2) is 0 Å². The summed E-state index contributed by atoms with van der Waals surface area (Å²) in [4.78, 5) is 0. The van der Waals surface area contributed by atoms with Crippen LogP contribution in [0.1, 0.15) is 33.1 Å². The van der Waals surface area contributed by atoms with Crippen LogP contribution in [0.5, 0.6) is 0 Å². The van der Waals surface area contributed by atoms with Gasteiger partial charge in [-0.15, -0.1) is 0 Å². The van der Waals surface area contributed by atoms with Gasteiger partial charge >= 0.3 is 0 Å². The topological polar surface area (TPSA) is 46.2 Å². The lowest BCUT2D eigenvalue weighted by Crippen LogP contribution is -2.32. The van der Waals surface area contributed by atoms with Crippen LogP contribution in [0.25, 0.3) is 0 Å². The monoisotopic (exact) mass is 157 g/mol. The van der Waals surface area contributed by atoms with Crippen LogP contribution in [0, 0.1) is 11.3 Å². The Balaban J connectivity index is 2.41. The highest BCUT2D eigenvalue weighted by Gasteiger charge is 2.33. The molecule has 0 heterocycles. The van der Waals surface area contributed by atoms with E-state index in [-0.39, 0.29) is 12.6 Å². The third-order valence-electron chi connectivity index (χ3n) is 2.82. The summed E-state index contributed by atoms with van der Waals surface area (Å²) < 4.78 is 0. The van der Waals surface area contributed by atoms with E-state index in [1.165, 1.54) is 19.3 Å². The molecule has 0 aromatic carbocycles. The van der Waals surface area contributed by atoms with Gasteiger partial charge in [0, 0.05) is 6.04 Å². The van der Waals surface area contributed by atoms with Crippen molar-refractivity contribution in [3.63, 3.8) is 0 Å². The Labute approximate surface area is 68.8 Å². The Hall–Kier alpha value is -0.0800. The van der Waals surface area contributed by atoms with Gasteiger partial charge in [-0.05, 0) is 30.6 Å². The maximum absolute atomic E-state index is 8.84. The summed E-state index contributed by atoms with van der Waals surface area (Å²) in [5, 5.41) is 8.84. The maximum atomic E-state index is 8.84. The number of aliphatic hydroxyl groups is 1. The molecule has 0 radical (unpaired) electrons. The first-order valence-corrected chi connectivity index (χ1v) is 4.41. The number of nitrogens with two attached hydrogens (primary N) is 1. The standard InChI is InChI=1S/C9H19NO/c1-9(2)4-3-7(5-9)8(10)6-11/h7-8,11H,3-6,10H2,1-2H3/t7?,8-/m1/s1. The van der Waals surface area contributed by atoms with Gasteiger partial charge in [0.25, 0.3) is 0 Å². The Morgan fingerprint density at radius 1 is 1.64 bits per heavy atom. The quantitative estimate of drug-likeness (QED) is 0.631. The summed E-state index contributed by atoms with van der Waals surface area (Å²) in [5.74, 6) is 0.551. The lowest BCUT2D eigenvalue weighted by molar-refractivity contribution is 0.219. The second kappa shape index (κ2) is 3.11. The molecule has 0 saturated heterocycles. The molecule has 2 atom stereocenters. The largest absolute Gasteiger partial charge is 0.395 e. The zero-order valence-electron chi connectivity index (χ0n) is 7.51. The molecular formula is C9H19NO. The van der Waals surface area contributed by atoms with Crippen molar-refractivity contribution in [1.82, 2.24) is 0 Å². The number of rotatable bonds is 2. The molecule has 1 fully saturated rings. The molecule has 1 unspecified atom stereocenters. The lowest BCUT2D eigenvalue weighted by Gasteiger charge is -2.20. The van der Waals surface area contributed by atoms with E-state index in [1.807, 2.05) is 0 Å². The Bertz CT molecular complexity index is 134. The zero-order valence-corrected chi connectivity index (χ0v) is 7.51. The average Bonchev–Trinajstić information content (AvgIpc) is 2.29. The fourth-order valence-electron chi connectivity index (χ4n) is 2.00. The summed E-state index contributed by atoms with van der Waals surface area (Å²) >= 11 is 0. The Kier molecular flexibility index (Phi) is 2.55. The van der Waals surface area contributed by atoms with Crippen molar-refractivity contribution < 1.29 is 5.11 Å². The van der Waals surface area contributed by atoms with Crippen molar-refractivity contribution in [2.45, 2.75) is 39.2 Å². The first-order valence-electron chi connectivity index (χ1n) is 4.41. The van der Waals surface area contributed by atoms with Crippen LogP contribution < -0.4 is 5.73 Å². The molecule has 0 bridgehead atoms. The predicted molar refractivity (Wildman–Crippen MR) is 46.2 cm³/mol. The number of hydrogen-bond donors (Lipinski definition) is 2. The van der Waals surface area contributed by atoms with E-state index in [4.69, 9.17) is 10.8 Å². The minimum absolute atomic E-state index is 0.0109. The Morgan fingerprint density at radius 3 is 2.64 bits per heavy atom. The molecule has 66 valence electrons. The second-order valence-electron chi connectivity index (χ2n) is 4.51. The van der Waals surface area contributed by atoms with Crippen molar-refractivity contribution >= 4 is 0 Å². The predicted octanol–water partition coefficient (Wildman–Crippen LogP) is 1.13. The van der Waals surface area contributed by atoms with E-state index in [0.29, 0.717) is 11.3 Å². The van der Waals surface area contributed by atoms with Gasteiger partial charge in [0.2, 0.25) is 0 Å². The maximum Gasteiger partial charge on any atom is 0.0585 e. The van der Waals surface area contributed by atoms with Crippen LogP contribution >= 0.6 is 0 Å². The molecule has 1 rings (SSSR count). The SMILES string of the molecule is CC1(C)CCC([C@H](N)CO)C1. The van der Waals surface area contributed by atoms with Gasteiger partial charge in [-0.25, -0.2) is 0 Å². The summed E-state index contributed by atoms with van der Waals surface area (Å²) in [6.07, 6.45) is 3.62. The molecule has 1 aliphatic carbocycles. The zero-order chi connectivity index (χ0) is 8.48. The molecule has 1 aliphatic rings. The molecule has 2 heteroatoms. The first kappa shape index (κ1) is 9.01. The van der Waals surface area contributed by atoms with Crippen molar-refractivity contribution in [1.29, 1.82) is 0 Å². The van der Waals surface area contributed by atoms with E-state index in [1.54, 1.807) is 0 Å². The van der Waals surface area contributed by atoms with Gasteiger partial charge in [-0.2, -0.15) is 0 Å². The lowest BCUT2D eigenvalue weighted by atomic mass is 9.89. The van der Waals surface area contributed by atoms with E-state index in [0.717, 1.165) is 0 Å². The molecule has 2 nitrogen and oxygen atoms in total. The number of aliphatic hydroxyl groups excluding tert-OH is 1. The van der Waals surface area contributed by atoms with Gasteiger partial charge in [-0.1, -0.05) is 13.8 Å². The van der Waals surface area contributed by atoms with E-state index in [2.05, 4.69) is 13.8 Å². The molecule has 3 N–H and O–H groups in total. The van der Waals surface area contributed by atoms with E-state index in [9.17, 15) is 0 Å². The highest BCUT2D eigenvalue weighted by molar-refractivity contribution is 4.86. The molecule has 11 heavy (non-hydrogen) atoms. The average molecular weight is 157 g/mol. The summed E-state index contributed by atoms with van der Waals surface area (Å²) in [7, 11) is 0. The summed E-state index contributed by atoms with van der Waals surface area (Å²) in [6.45, 7) is 4.69. The molecular weight excluding hydrogens is 138 g/mol. The van der Waals surface area contributed by atoms with Crippen LogP contribution in [0.15, 0.2) is 0 Å². The van der Waals surface area contributed by atoms with Gasteiger partial charge in [0.1, 0.15) is 0 Å². The van der Waals surface area contributed by atoms with Crippen molar-refractivity contribution in [2.24, 2.45) is 17.1 Å². The highest BCUT2D eigenvalue weighted by Crippen LogP contribution is 2.41. The minimum Gasteiger partial charge on any atom is -0.395 e. The third kappa shape index (κ3) is 2.17. The fourth-order valence-corrected chi connectivity index (χ4v) is 2.00. The molecule has 1 saturated carbocycles. The van der Waals surface area contributed by atoms with Crippen LogP contribution in [0.4, 0.5) is 0 Å². The van der Waals surface area contributed by atoms with Gasteiger partial charge in [0.05, 0.1) is 6.61 Å². The molecule has 0 amide bonds. The third-order valence-corrected chi connectivity index (χ3v) is 2.82. The Morgan fingerprint density at radius 2 is 2.27 bits per heavy atom. The molecule has 0 aromatic heterocycles. The van der Waals surface area contributed by atoms with Gasteiger partial charge < -0.3 is 10.8 Å². The number of hydrogen-bond acceptors (Lipinski definition) is 2. The van der Waals surface area contributed by atoms with E-state index < -0.39 is 0 Å². The first-order chi connectivity index (χ1) is 5.05. The van der Waals surface area contributed by atoms with Gasteiger partial charge in [-0.3, -0.25) is 0 Å². The summed E-state index contributed by atoms with van der Waals surface area (Å²) in [5.41, 5.74) is 6.21. The van der Waals surface area contributed by atoms with Crippen LogP contribution in [-0.4, -0.2) is 17.8 Å². The van der Waals surface area contributed by atoms with Crippen molar-refractivity contribution in [3.05, 3.63) is 0 Å². The van der Waals surface area contributed by atoms with Crippen LogP contribution in [-0.2, 0) is 0 Å². The van der Waals surface area contributed by atoms with Crippen molar-refractivity contribution in [2.75, 3.05) is 6.61 Å². The highest BCUT2D eigenvalue weighted by atomic mass is 16.3. The smallest absolute Gasteiger partial charge is 0.0585 e.